The Kier molecular flexibility index (Phi) is 16.2. The molecule has 2 aromatic heterocycles. The summed E-state index contributed by atoms with van der Waals surface area (Å²) < 4.78 is 14.0. The molecule has 3 aromatic rings. The van der Waals surface area contributed by atoms with Crippen LogP contribution in [-0.2, 0) is 48.0 Å². The largest absolute Gasteiger partial charge is 0.462 e. The number of thiazole rings is 1. The predicted molar refractivity (Wildman–Crippen MR) is 264 cm³/mol. The van der Waals surface area contributed by atoms with Crippen molar-refractivity contribution in [1.29, 1.82) is 0 Å². The topological polar surface area (TPSA) is 191 Å². The van der Waals surface area contributed by atoms with Crippen LogP contribution in [0.3, 0.4) is 0 Å². The molecule has 0 aliphatic carbocycles. The van der Waals surface area contributed by atoms with Gasteiger partial charge in [-0.25, -0.2) is 14.6 Å². The third kappa shape index (κ3) is 10.6. The Labute approximate surface area is 403 Å². The Balaban J connectivity index is 1.42. The van der Waals surface area contributed by atoms with Crippen LogP contribution in [0.25, 0.3) is 27.7 Å². The number of rotatable bonds is 11. The van der Waals surface area contributed by atoms with Gasteiger partial charge in [-0.3, -0.25) is 24.4 Å². The second kappa shape index (κ2) is 21.3. The number of nitrogens with one attached hydrogen (secondary N) is 2. The van der Waals surface area contributed by atoms with Crippen LogP contribution < -0.4 is 10.7 Å². The van der Waals surface area contributed by atoms with Gasteiger partial charge in [0.1, 0.15) is 12.1 Å². The maximum absolute atomic E-state index is 14.7. The number of aromatic nitrogens is 2. The van der Waals surface area contributed by atoms with E-state index in [0.29, 0.717) is 35.9 Å². The molecule has 368 valence electrons. The molecule has 2 fully saturated rings. The molecule has 6 rings (SSSR count). The summed E-state index contributed by atoms with van der Waals surface area (Å²) in [5.74, 6) is -2.69. The standard InChI is InChI=1S/C50H69N9O8S/c1-13-34(42(51-15-3)32(8)66-12)44-36-26-49(9,10)29-67-47(63)50(65)20-17-21-59(54-50)46(62)37(25-40-52-38(28-68-40)33-18-19-39(35(36)24-33)57(44)16-4)53-45(61)43(30(5)6)55(11)48(64)56-22-23-58(31(7)27-56)41(60)14-2/h13-15,18-19,24,28,30-32,37,43,54,65H,1-2,16-17,20-23,25-27,29H2,3-12H3,(H,53,61)/b42-34+,51-15-/t31-,32+,37+,43+,50+/m1/s1. The molecule has 6 bridgehead atoms. The van der Waals surface area contributed by atoms with Gasteiger partial charge in [0.05, 0.1) is 34.8 Å². The number of carbonyl (C=O) groups is 5. The molecule has 3 aliphatic rings. The van der Waals surface area contributed by atoms with E-state index < -0.39 is 41.0 Å². The van der Waals surface area contributed by atoms with Crippen LogP contribution >= 0.6 is 11.3 Å². The van der Waals surface area contributed by atoms with Gasteiger partial charge in [0.2, 0.25) is 17.5 Å². The van der Waals surface area contributed by atoms with Crippen LogP contribution in [0.2, 0.25) is 0 Å². The summed E-state index contributed by atoms with van der Waals surface area (Å²) in [7, 11) is 3.20. The molecular formula is C50H69N9O8S. The summed E-state index contributed by atoms with van der Waals surface area (Å²) >= 11 is 1.35. The van der Waals surface area contributed by atoms with E-state index in [2.05, 4.69) is 47.5 Å². The minimum Gasteiger partial charge on any atom is -0.462 e. The Morgan fingerprint density at radius 1 is 1.16 bits per heavy atom. The molecule has 3 aliphatic heterocycles. The molecule has 5 amide bonds. The monoisotopic (exact) mass is 955 g/mol. The van der Waals surface area contributed by atoms with Crippen molar-refractivity contribution in [3.63, 3.8) is 0 Å². The first-order chi connectivity index (χ1) is 32.2. The van der Waals surface area contributed by atoms with Gasteiger partial charge in [-0.1, -0.05) is 53.0 Å². The molecule has 5 atom stereocenters. The van der Waals surface area contributed by atoms with E-state index in [-0.39, 0.29) is 75.5 Å². The van der Waals surface area contributed by atoms with E-state index in [9.17, 15) is 29.1 Å². The lowest BCUT2D eigenvalue weighted by Gasteiger charge is -2.42. The van der Waals surface area contributed by atoms with Crippen molar-refractivity contribution < 1.29 is 38.6 Å². The van der Waals surface area contributed by atoms with Crippen LogP contribution in [0.4, 0.5) is 4.79 Å². The van der Waals surface area contributed by atoms with Crippen LogP contribution in [-0.4, -0.2) is 147 Å². The summed E-state index contributed by atoms with van der Waals surface area (Å²) in [6.07, 6.45) is 5.10. The molecule has 68 heavy (non-hydrogen) atoms. The number of benzene rings is 1. The fraction of sp³-hybridized carbons (Fsp3) is 0.540. The Bertz CT molecular complexity index is 2490. The van der Waals surface area contributed by atoms with Crippen molar-refractivity contribution in [3.05, 3.63) is 70.9 Å². The lowest BCUT2D eigenvalue weighted by Crippen LogP contribution is -2.67. The number of esters is 1. The highest BCUT2D eigenvalue weighted by molar-refractivity contribution is 7.10. The van der Waals surface area contributed by atoms with Gasteiger partial charge in [0.15, 0.2) is 0 Å². The van der Waals surface area contributed by atoms with Crippen molar-refractivity contribution in [2.75, 3.05) is 46.9 Å². The third-order valence-electron chi connectivity index (χ3n) is 13.1. The van der Waals surface area contributed by atoms with Crippen molar-refractivity contribution in [2.45, 2.75) is 118 Å². The first-order valence-electron chi connectivity index (χ1n) is 23.4. The SMILES string of the molecule is C=CC(=O)N1CCN(C(=O)N(C)[C@H](C(=O)N[C@H]2Cc3nc(cs3)-c3ccc4c(c3)c(c(/C(C=C)=C(/N=C\C)[C@H](C)OC)n4CC)CC(C)(C)COC(=O)[C@@]3(O)CCCN(N3)C2=O)C(C)C)C[C@H]1C. The number of aliphatic hydroxyl groups is 1. The summed E-state index contributed by atoms with van der Waals surface area (Å²) in [6.45, 7) is 24.7. The molecule has 1 aromatic carbocycles. The van der Waals surface area contributed by atoms with Crippen molar-refractivity contribution in [3.8, 4) is 11.3 Å². The van der Waals surface area contributed by atoms with Crippen LogP contribution in [0.5, 0.6) is 0 Å². The van der Waals surface area contributed by atoms with E-state index in [1.165, 1.54) is 27.3 Å². The fourth-order valence-corrected chi connectivity index (χ4v) is 10.5. The number of hydrogen-bond acceptors (Lipinski definition) is 12. The van der Waals surface area contributed by atoms with E-state index >= 15 is 0 Å². The number of allylic oxidation sites excluding steroid dienone is 2. The van der Waals surface area contributed by atoms with Crippen molar-refractivity contribution in [2.24, 2.45) is 16.3 Å². The highest BCUT2D eigenvalue weighted by Crippen LogP contribution is 2.40. The average Bonchev–Trinajstić information content (AvgIpc) is 3.90. The second-order valence-electron chi connectivity index (χ2n) is 19.1. The molecule has 17 nitrogen and oxygen atoms in total. The third-order valence-corrected chi connectivity index (χ3v) is 14.0. The summed E-state index contributed by atoms with van der Waals surface area (Å²) in [4.78, 5) is 84.1. The number of hydrogen-bond donors (Lipinski definition) is 3. The van der Waals surface area contributed by atoms with Gasteiger partial charge in [0, 0.05) is 105 Å². The zero-order valence-corrected chi connectivity index (χ0v) is 42.1. The highest BCUT2D eigenvalue weighted by Gasteiger charge is 2.46. The highest BCUT2D eigenvalue weighted by atomic mass is 32.1. The number of hydrazine groups is 1. The fourth-order valence-electron chi connectivity index (χ4n) is 9.62. The minimum absolute atomic E-state index is 0.0251. The summed E-state index contributed by atoms with van der Waals surface area (Å²) in [5, 5.41) is 19.4. The number of aryl methyl sites for hydroxylation is 1. The van der Waals surface area contributed by atoms with E-state index in [4.69, 9.17) is 19.5 Å². The minimum atomic E-state index is -2.25. The normalized spacial score (nSPS) is 22.6. The molecule has 0 spiro atoms. The van der Waals surface area contributed by atoms with Gasteiger partial charge in [-0.2, -0.15) is 5.43 Å². The van der Waals surface area contributed by atoms with Crippen LogP contribution in [0, 0.1) is 11.3 Å². The number of likely N-dealkylation sites (N-methyl/N-ethyl adjacent to an activating group) is 1. The predicted octanol–water partition coefficient (Wildman–Crippen LogP) is 5.57. The molecule has 5 heterocycles. The number of piperazine rings is 1. The maximum atomic E-state index is 14.7. The number of methoxy groups -OCH3 is 1. The van der Waals surface area contributed by atoms with Gasteiger partial charge in [0.25, 0.3) is 5.91 Å². The molecular weight excluding hydrogens is 887 g/mol. The molecule has 2 saturated heterocycles. The zero-order valence-electron chi connectivity index (χ0n) is 41.3. The van der Waals surface area contributed by atoms with E-state index in [1.54, 1.807) is 30.2 Å². The van der Waals surface area contributed by atoms with E-state index in [1.807, 2.05) is 66.0 Å². The van der Waals surface area contributed by atoms with Gasteiger partial charge >= 0.3 is 12.0 Å². The molecule has 3 N–H and O–H groups in total. The number of urea groups is 1. The lowest BCUT2D eigenvalue weighted by molar-refractivity contribution is -0.189. The Morgan fingerprint density at radius 2 is 1.90 bits per heavy atom. The van der Waals surface area contributed by atoms with Crippen LogP contribution in [0.1, 0.15) is 84.5 Å². The number of amides is 5. The van der Waals surface area contributed by atoms with Crippen molar-refractivity contribution in [1.82, 2.24) is 40.0 Å². The Hall–Kier alpha value is -5.69. The number of aliphatic imine (C=N–C) groups is 1. The van der Waals surface area contributed by atoms with Gasteiger partial charge in [-0.15, -0.1) is 11.3 Å². The average molecular weight is 956 g/mol. The number of ether oxygens (including phenoxy) is 2. The van der Waals surface area contributed by atoms with Gasteiger partial charge in [-0.05, 0) is 70.2 Å². The lowest BCUT2D eigenvalue weighted by atomic mass is 9.84. The quantitative estimate of drug-likeness (QED) is 0.0948. The number of fused-ring (bicyclic) bond motifs is 6. The summed E-state index contributed by atoms with van der Waals surface area (Å²) in [6, 6.07) is 3.32. The second-order valence-corrected chi connectivity index (χ2v) is 20.0. The van der Waals surface area contributed by atoms with E-state index in [0.717, 1.165) is 33.3 Å². The molecule has 0 radical (unpaired) electrons. The number of cyclic esters (lactones) is 1. The smallest absolute Gasteiger partial charge is 0.355 e. The summed E-state index contributed by atoms with van der Waals surface area (Å²) in [5.41, 5.74) is 5.76. The molecule has 0 unspecified atom stereocenters. The van der Waals surface area contributed by atoms with Crippen molar-refractivity contribution >= 4 is 63.7 Å². The molecule has 18 heteroatoms. The maximum Gasteiger partial charge on any atom is 0.355 e. The number of carbonyl (C=O) groups excluding carboxylic acids is 5. The first-order valence-corrected chi connectivity index (χ1v) is 24.3. The Morgan fingerprint density at radius 3 is 2.53 bits per heavy atom. The van der Waals surface area contributed by atoms with Gasteiger partial charge < -0.3 is 39.2 Å². The van der Waals surface area contributed by atoms with Crippen LogP contribution in [0.15, 0.2) is 59.6 Å². The first kappa shape index (κ1) is 51.7. The molecule has 0 saturated carbocycles. The zero-order chi connectivity index (χ0) is 49.8. The number of nitrogens with zero attached hydrogens (tertiary/aromatic N) is 7.